The van der Waals surface area contributed by atoms with Gasteiger partial charge < -0.3 is 11.1 Å². The standard InChI is InChI=1S/C13H20N4O/c14-10-13(6-2-1-3-7-13)12(18)15-9-11-5-4-8-16-17-11/h4-5,8H,1-3,6-7,9-10,14H2,(H,15,18). The molecule has 0 aliphatic heterocycles. The van der Waals surface area contributed by atoms with Gasteiger partial charge in [0.15, 0.2) is 0 Å². The summed E-state index contributed by atoms with van der Waals surface area (Å²) in [5, 5.41) is 10.7. The Bertz CT molecular complexity index is 387. The second kappa shape index (κ2) is 5.91. The van der Waals surface area contributed by atoms with E-state index in [-0.39, 0.29) is 11.3 Å². The van der Waals surface area contributed by atoms with Crippen molar-refractivity contribution in [2.75, 3.05) is 6.54 Å². The molecular weight excluding hydrogens is 228 g/mol. The second-order valence-corrected chi connectivity index (χ2v) is 4.94. The highest BCUT2D eigenvalue weighted by Crippen LogP contribution is 2.35. The van der Waals surface area contributed by atoms with Gasteiger partial charge in [-0.1, -0.05) is 19.3 Å². The molecule has 0 aromatic carbocycles. The van der Waals surface area contributed by atoms with E-state index >= 15 is 0 Å². The van der Waals surface area contributed by atoms with Gasteiger partial charge in [0, 0.05) is 12.7 Å². The van der Waals surface area contributed by atoms with Crippen molar-refractivity contribution in [3.05, 3.63) is 24.0 Å². The zero-order valence-corrected chi connectivity index (χ0v) is 10.6. The molecule has 18 heavy (non-hydrogen) atoms. The number of nitrogens with one attached hydrogen (secondary N) is 1. The lowest BCUT2D eigenvalue weighted by Crippen LogP contribution is -2.47. The first-order valence-corrected chi connectivity index (χ1v) is 6.52. The molecule has 1 amide bonds. The third-order valence-electron chi connectivity index (χ3n) is 3.74. The number of nitrogens with two attached hydrogens (primary N) is 1. The number of carbonyl (C=O) groups excluding carboxylic acids is 1. The maximum Gasteiger partial charge on any atom is 0.227 e. The van der Waals surface area contributed by atoms with Crippen LogP contribution in [0.15, 0.2) is 18.3 Å². The zero-order chi connectivity index (χ0) is 12.8. The normalized spacial score (nSPS) is 18.3. The average Bonchev–Trinajstić information content (AvgIpc) is 2.46. The van der Waals surface area contributed by atoms with Gasteiger partial charge in [0.25, 0.3) is 0 Å². The third-order valence-corrected chi connectivity index (χ3v) is 3.74. The first-order valence-electron chi connectivity index (χ1n) is 6.52. The van der Waals surface area contributed by atoms with Crippen molar-refractivity contribution in [1.82, 2.24) is 15.5 Å². The van der Waals surface area contributed by atoms with Crippen LogP contribution in [0, 0.1) is 5.41 Å². The first kappa shape index (κ1) is 13.0. The summed E-state index contributed by atoms with van der Waals surface area (Å²) in [6.45, 7) is 0.855. The molecule has 1 aromatic heterocycles. The van der Waals surface area contributed by atoms with Crippen LogP contribution in [0.5, 0.6) is 0 Å². The van der Waals surface area contributed by atoms with Crippen LogP contribution >= 0.6 is 0 Å². The Hall–Kier alpha value is -1.49. The SMILES string of the molecule is NCC1(C(=O)NCc2cccnn2)CCCCC1. The lowest BCUT2D eigenvalue weighted by atomic mass is 9.73. The van der Waals surface area contributed by atoms with Crippen molar-refractivity contribution < 1.29 is 4.79 Å². The molecule has 0 unspecified atom stereocenters. The van der Waals surface area contributed by atoms with E-state index in [9.17, 15) is 4.79 Å². The van der Waals surface area contributed by atoms with E-state index in [1.54, 1.807) is 6.20 Å². The number of hydrogen-bond acceptors (Lipinski definition) is 4. The van der Waals surface area contributed by atoms with Crippen LogP contribution in [0.4, 0.5) is 0 Å². The van der Waals surface area contributed by atoms with Crippen LogP contribution in [-0.2, 0) is 11.3 Å². The quantitative estimate of drug-likeness (QED) is 0.833. The molecule has 5 nitrogen and oxygen atoms in total. The van der Waals surface area contributed by atoms with Crippen LogP contribution in [-0.4, -0.2) is 22.6 Å². The predicted molar refractivity (Wildman–Crippen MR) is 68.5 cm³/mol. The number of rotatable bonds is 4. The maximum atomic E-state index is 12.3. The number of hydrogen-bond donors (Lipinski definition) is 2. The number of amides is 1. The summed E-state index contributed by atoms with van der Waals surface area (Å²) < 4.78 is 0. The highest BCUT2D eigenvalue weighted by atomic mass is 16.2. The molecule has 0 saturated heterocycles. The molecule has 1 saturated carbocycles. The molecule has 0 spiro atoms. The van der Waals surface area contributed by atoms with Gasteiger partial charge in [0.05, 0.1) is 17.7 Å². The summed E-state index contributed by atoms with van der Waals surface area (Å²) in [5.74, 6) is 0.0651. The highest BCUT2D eigenvalue weighted by Gasteiger charge is 2.37. The van der Waals surface area contributed by atoms with Gasteiger partial charge in [0.2, 0.25) is 5.91 Å². The minimum atomic E-state index is -0.361. The van der Waals surface area contributed by atoms with Gasteiger partial charge in [-0.15, -0.1) is 0 Å². The Labute approximate surface area is 107 Å². The van der Waals surface area contributed by atoms with E-state index in [1.807, 2.05) is 12.1 Å². The molecule has 0 radical (unpaired) electrons. The molecular formula is C13H20N4O. The molecule has 2 rings (SSSR count). The van der Waals surface area contributed by atoms with Crippen LogP contribution < -0.4 is 11.1 Å². The predicted octanol–water partition coefficient (Wildman–Crippen LogP) is 1.00. The molecule has 1 aliphatic rings. The minimum absolute atomic E-state index is 0.0651. The average molecular weight is 248 g/mol. The molecule has 3 N–H and O–H groups in total. The monoisotopic (exact) mass is 248 g/mol. The van der Waals surface area contributed by atoms with Crippen molar-refractivity contribution >= 4 is 5.91 Å². The Balaban J connectivity index is 1.94. The smallest absolute Gasteiger partial charge is 0.227 e. The van der Waals surface area contributed by atoms with Crippen LogP contribution in [0.2, 0.25) is 0 Å². The van der Waals surface area contributed by atoms with Crippen molar-refractivity contribution in [2.24, 2.45) is 11.1 Å². The van der Waals surface area contributed by atoms with Gasteiger partial charge in [-0.3, -0.25) is 4.79 Å². The summed E-state index contributed by atoms with van der Waals surface area (Å²) in [7, 11) is 0. The Morgan fingerprint density at radius 1 is 1.39 bits per heavy atom. The summed E-state index contributed by atoms with van der Waals surface area (Å²) >= 11 is 0. The Morgan fingerprint density at radius 3 is 2.78 bits per heavy atom. The van der Waals surface area contributed by atoms with Crippen molar-refractivity contribution in [3.8, 4) is 0 Å². The van der Waals surface area contributed by atoms with Crippen molar-refractivity contribution in [2.45, 2.75) is 38.6 Å². The topological polar surface area (TPSA) is 80.9 Å². The van der Waals surface area contributed by atoms with E-state index in [2.05, 4.69) is 15.5 Å². The van der Waals surface area contributed by atoms with E-state index < -0.39 is 0 Å². The van der Waals surface area contributed by atoms with Gasteiger partial charge >= 0.3 is 0 Å². The van der Waals surface area contributed by atoms with E-state index in [1.165, 1.54) is 6.42 Å². The van der Waals surface area contributed by atoms with E-state index in [0.717, 1.165) is 31.4 Å². The summed E-state index contributed by atoms with van der Waals surface area (Å²) in [6.07, 6.45) is 6.81. The Kier molecular flexibility index (Phi) is 4.25. The molecule has 5 heteroatoms. The van der Waals surface area contributed by atoms with Gasteiger partial charge in [-0.25, -0.2) is 0 Å². The molecule has 0 atom stereocenters. The highest BCUT2D eigenvalue weighted by molar-refractivity contribution is 5.82. The molecule has 98 valence electrons. The number of aromatic nitrogens is 2. The Morgan fingerprint density at radius 2 is 2.17 bits per heavy atom. The third kappa shape index (κ3) is 2.85. The summed E-state index contributed by atoms with van der Waals surface area (Å²) in [5.41, 5.74) is 6.23. The first-order chi connectivity index (χ1) is 8.77. The van der Waals surface area contributed by atoms with Gasteiger partial charge in [-0.05, 0) is 25.0 Å². The number of nitrogens with zero attached hydrogens (tertiary/aromatic N) is 2. The fourth-order valence-corrected chi connectivity index (χ4v) is 2.54. The molecule has 0 bridgehead atoms. The van der Waals surface area contributed by atoms with Crippen molar-refractivity contribution in [3.63, 3.8) is 0 Å². The fraction of sp³-hybridized carbons (Fsp3) is 0.615. The van der Waals surface area contributed by atoms with E-state index in [0.29, 0.717) is 13.1 Å². The van der Waals surface area contributed by atoms with Crippen LogP contribution in [0.25, 0.3) is 0 Å². The molecule has 1 aliphatic carbocycles. The van der Waals surface area contributed by atoms with Crippen molar-refractivity contribution in [1.29, 1.82) is 0 Å². The lowest BCUT2D eigenvalue weighted by molar-refractivity contribution is -0.132. The maximum absolute atomic E-state index is 12.3. The van der Waals surface area contributed by atoms with Gasteiger partial charge in [-0.2, -0.15) is 10.2 Å². The summed E-state index contributed by atoms with van der Waals surface area (Å²) in [4.78, 5) is 12.3. The zero-order valence-electron chi connectivity index (χ0n) is 10.6. The second-order valence-electron chi connectivity index (χ2n) is 4.94. The van der Waals surface area contributed by atoms with Crippen LogP contribution in [0.1, 0.15) is 37.8 Å². The molecule has 1 fully saturated rings. The van der Waals surface area contributed by atoms with E-state index in [4.69, 9.17) is 5.73 Å². The molecule has 1 heterocycles. The lowest BCUT2D eigenvalue weighted by Gasteiger charge is -2.34. The summed E-state index contributed by atoms with van der Waals surface area (Å²) in [6, 6.07) is 3.66. The fourth-order valence-electron chi connectivity index (χ4n) is 2.54. The van der Waals surface area contributed by atoms with Crippen LogP contribution in [0.3, 0.4) is 0 Å². The van der Waals surface area contributed by atoms with Gasteiger partial charge in [0.1, 0.15) is 0 Å². The largest absolute Gasteiger partial charge is 0.350 e. The molecule has 1 aromatic rings. The number of carbonyl (C=O) groups is 1. The minimum Gasteiger partial charge on any atom is -0.350 e.